The Morgan fingerprint density at radius 1 is 0.938 bits per heavy atom. The van der Waals surface area contributed by atoms with Crippen LogP contribution in [0.15, 0.2) is 66.9 Å². The maximum atomic E-state index is 12.9. The zero-order chi connectivity index (χ0) is 22.1. The molecule has 6 nitrogen and oxygen atoms in total. The van der Waals surface area contributed by atoms with Crippen LogP contribution < -0.4 is 25.0 Å². The number of anilines is 2. The normalized spacial score (nSPS) is 14.1. The highest BCUT2D eigenvalue weighted by Gasteiger charge is 2.25. The number of carbonyl (C=O) groups is 1. The largest absolute Gasteiger partial charge is 0.497 e. The number of urea groups is 1. The molecule has 3 aromatic rings. The van der Waals surface area contributed by atoms with E-state index in [-0.39, 0.29) is 6.03 Å². The Bertz CT molecular complexity index is 1200. The van der Waals surface area contributed by atoms with E-state index in [9.17, 15) is 4.79 Å². The third-order valence-electron chi connectivity index (χ3n) is 6.03. The minimum atomic E-state index is -0.140. The first-order valence-electron chi connectivity index (χ1n) is 10.6. The average Bonchev–Trinajstić information content (AvgIpc) is 3.27. The van der Waals surface area contributed by atoms with Gasteiger partial charge in [0.05, 0.1) is 19.9 Å². The summed E-state index contributed by atoms with van der Waals surface area (Å²) in [7, 11) is 3.31. The van der Waals surface area contributed by atoms with Gasteiger partial charge in [-0.25, -0.2) is 4.79 Å². The van der Waals surface area contributed by atoms with Gasteiger partial charge >= 0.3 is 6.03 Å². The van der Waals surface area contributed by atoms with E-state index in [1.54, 1.807) is 19.1 Å². The van der Waals surface area contributed by atoms with Crippen molar-refractivity contribution in [2.75, 3.05) is 31.0 Å². The second-order valence-corrected chi connectivity index (χ2v) is 7.87. The lowest BCUT2D eigenvalue weighted by molar-refractivity contribution is 0.257. The van der Waals surface area contributed by atoms with Crippen molar-refractivity contribution >= 4 is 23.0 Å². The van der Waals surface area contributed by atoms with Crippen LogP contribution in [0, 0.1) is 0 Å². The molecule has 0 bridgehead atoms. The van der Waals surface area contributed by atoms with Crippen LogP contribution in [-0.4, -0.2) is 26.8 Å². The fourth-order valence-electron chi connectivity index (χ4n) is 4.29. The summed E-state index contributed by atoms with van der Waals surface area (Å²) in [6, 6.07) is 19.8. The van der Waals surface area contributed by atoms with Gasteiger partial charge in [0.2, 0.25) is 0 Å². The molecule has 2 heterocycles. The quantitative estimate of drug-likeness (QED) is 0.628. The second kappa shape index (κ2) is 8.30. The van der Waals surface area contributed by atoms with Crippen LogP contribution in [0.4, 0.5) is 16.2 Å². The Labute approximate surface area is 187 Å². The lowest BCUT2D eigenvalue weighted by Crippen LogP contribution is -2.33. The van der Waals surface area contributed by atoms with E-state index in [4.69, 9.17) is 9.47 Å². The number of ether oxygens (including phenoxy) is 2. The fraction of sp³-hybridized carbons (Fsp3) is 0.192. The summed E-state index contributed by atoms with van der Waals surface area (Å²) in [4.78, 5) is 14.7. The number of methoxy groups -OCH3 is 2. The molecule has 0 saturated carbocycles. The van der Waals surface area contributed by atoms with Crippen molar-refractivity contribution in [2.24, 2.45) is 0 Å². The van der Waals surface area contributed by atoms with Crippen molar-refractivity contribution in [1.29, 1.82) is 0 Å². The van der Waals surface area contributed by atoms with E-state index in [0.29, 0.717) is 6.54 Å². The summed E-state index contributed by atoms with van der Waals surface area (Å²) in [5.41, 5.74) is 7.37. The molecule has 0 aliphatic carbocycles. The molecular formula is C26H25N3O3. The molecular weight excluding hydrogens is 402 g/mol. The van der Waals surface area contributed by atoms with Gasteiger partial charge in [-0.2, -0.15) is 0 Å². The predicted molar refractivity (Wildman–Crippen MR) is 126 cm³/mol. The van der Waals surface area contributed by atoms with Gasteiger partial charge in [0.15, 0.2) is 0 Å². The van der Waals surface area contributed by atoms with E-state index < -0.39 is 0 Å². The van der Waals surface area contributed by atoms with E-state index in [2.05, 4.69) is 22.8 Å². The highest BCUT2D eigenvalue weighted by Crippen LogP contribution is 2.34. The van der Waals surface area contributed by atoms with Crippen LogP contribution in [0.5, 0.6) is 11.5 Å². The van der Waals surface area contributed by atoms with Crippen LogP contribution in [0.1, 0.15) is 22.3 Å². The Morgan fingerprint density at radius 2 is 1.66 bits per heavy atom. The number of hydrogen-bond donors (Lipinski definition) is 2. The molecule has 162 valence electrons. The Balaban J connectivity index is 1.34. The first-order chi connectivity index (χ1) is 15.7. The summed E-state index contributed by atoms with van der Waals surface area (Å²) in [5.74, 6) is 1.59. The Morgan fingerprint density at radius 3 is 2.41 bits per heavy atom. The summed E-state index contributed by atoms with van der Waals surface area (Å²) in [6.45, 7) is 1.45. The highest BCUT2D eigenvalue weighted by molar-refractivity contribution is 6.03. The molecule has 2 N–H and O–H groups in total. The van der Waals surface area contributed by atoms with Crippen LogP contribution in [0.3, 0.4) is 0 Å². The molecule has 5 rings (SSSR count). The van der Waals surface area contributed by atoms with Crippen molar-refractivity contribution in [1.82, 2.24) is 5.32 Å². The third kappa shape index (κ3) is 3.64. The maximum Gasteiger partial charge on any atom is 0.326 e. The van der Waals surface area contributed by atoms with Gasteiger partial charge in [-0.05, 0) is 59.0 Å². The average molecular weight is 428 g/mol. The SMILES string of the molecule is COc1ccc2c(c1)C(c1ccc(NC(=O)N3CCc4ccc(OC)cc43)cc1)=CNC2. The minimum Gasteiger partial charge on any atom is -0.497 e. The lowest BCUT2D eigenvalue weighted by atomic mass is 9.92. The monoisotopic (exact) mass is 427 g/mol. The number of hydrogen-bond acceptors (Lipinski definition) is 4. The Kier molecular flexibility index (Phi) is 5.19. The van der Waals surface area contributed by atoms with Crippen molar-refractivity contribution in [3.63, 3.8) is 0 Å². The van der Waals surface area contributed by atoms with E-state index in [1.807, 2.05) is 54.7 Å². The van der Waals surface area contributed by atoms with Gasteiger partial charge in [-0.1, -0.05) is 24.3 Å². The smallest absolute Gasteiger partial charge is 0.326 e. The van der Waals surface area contributed by atoms with Gasteiger partial charge in [0.1, 0.15) is 11.5 Å². The lowest BCUT2D eigenvalue weighted by Gasteiger charge is -2.21. The molecule has 2 aliphatic rings. The number of nitrogens with zero attached hydrogens (tertiary/aromatic N) is 1. The van der Waals surface area contributed by atoms with Crippen molar-refractivity contribution in [3.8, 4) is 11.5 Å². The van der Waals surface area contributed by atoms with Crippen molar-refractivity contribution < 1.29 is 14.3 Å². The van der Waals surface area contributed by atoms with Gasteiger partial charge in [0.25, 0.3) is 0 Å². The highest BCUT2D eigenvalue weighted by atomic mass is 16.5. The second-order valence-electron chi connectivity index (χ2n) is 7.87. The molecule has 2 aliphatic heterocycles. The molecule has 0 unspecified atom stereocenters. The predicted octanol–water partition coefficient (Wildman–Crippen LogP) is 4.79. The first kappa shape index (κ1) is 20.0. The maximum absolute atomic E-state index is 12.9. The molecule has 0 radical (unpaired) electrons. The van der Waals surface area contributed by atoms with Gasteiger partial charge < -0.3 is 20.1 Å². The molecule has 0 saturated heterocycles. The molecule has 6 heteroatoms. The molecule has 0 spiro atoms. The molecule has 0 fully saturated rings. The minimum absolute atomic E-state index is 0.140. The molecule has 3 aromatic carbocycles. The fourth-order valence-corrected chi connectivity index (χ4v) is 4.29. The van der Waals surface area contributed by atoms with Gasteiger partial charge in [-0.3, -0.25) is 4.90 Å². The topological polar surface area (TPSA) is 62.8 Å². The zero-order valence-electron chi connectivity index (χ0n) is 18.1. The number of amides is 2. The summed E-state index contributed by atoms with van der Waals surface area (Å²) < 4.78 is 10.7. The van der Waals surface area contributed by atoms with Crippen LogP contribution in [0.2, 0.25) is 0 Å². The number of fused-ring (bicyclic) bond motifs is 2. The van der Waals surface area contributed by atoms with E-state index >= 15 is 0 Å². The third-order valence-corrected chi connectivity index (χ3v) is 6.03. The van der Waals surface area contributed by atoms with Crippen LogP contribution >= 0.6 is 0 Å². The van der Waals surface area contributed by atoms with Gasteiger partial charge in [-0.15, -0.1) is 0 Å². The number of benzene rings is 3. The molecule has 0 aromatic heterocycles. The number of carbonyl (C=O) groups excluding carboxylic acids is 1. The van der Waals surface area contributed by atoms with Crippen LogP contribution in [-0.2, 0) is 13.0 Å². The van der Waals surface area contributed by atoms with Gasteiger partial charge in [0, 0.05) is 36.6 Å². The Hall–Kier alpha value is -3.93. The van der Waals surface area contributed by atoms with Crippen LogP contribution in [0.25, 0.3) is 5.57 Å². The summed E-state index contributed by atoms with van der Waals surface area (Å²) in [6.07, 6.45) is 2.87. The number of rotatable bonds is 4. The summed E-state index contributed by atoms with van der Waals surface area (Å²) >= 11 is 0. The first-order valence-corrected chi connectivity index (χ1v) is 10.6. The number of nitrogens with one attached hydrogen (secondary N) is 2. The summed E-state index contributed by atoms with van der Waals surface area (Å²) in [5, 5.41) is 6.36. The zero-order valence-corrected chi connectivity index (χ0v) is 18.1. The van der Waals surface area contributed by atoms with Crippen molar-refractivity contribution in [2.45, 2.75) is 13.0 Å². The molecule has 32 heavy (non-hydrogen) atoms. The molecule has 0 atom stereocenters. The van der Waals surface area contributed by atoms with E-state index in [0.717, 1.165) is 58.1 Å². The van der Waals surface area contributed by atoms with E-state index in [1.165, 1.54) is 5.56 Å². The molecule has 2 amide bonds. The van der Waals surface area contributed by atoms with Crippen molar-refractivity contribution in [3.05, 3.63) is 89.1 Å². The standard InChI is InChI=1S/C26H25N3O3/c1-31-21-10-6-19-15-27-16-24(23(19)13-21)17-3-7-20(8-4-17)28-26(30)29-12-11-18-5-9-22(32-2)14-25(18)29/h3-10,13-14,16,27H,11-12,15H2,1-2H3,(H,28,30).